The highest BCUT2D eigenvalue weighted by Crippen LogP contribution is 2.10. The second-order valence-electron chi connectivity index (χ2n) is 3.61. The van der Waals surface area contributed by atoms with Crippen LogP contribution >= 0.6 is 0 Å². The predicted octanol–water partition coefficient (Wildman–Crippen LogP) is 1.69. The summed E-state index contributed by atoms with van der Waals surface area (Å²) in [5, 5.41) is 12.0. The first kappa shape index (κ1) is 11.2. The Bertz CT molecular complexity index is 494. The molecule has 0 radical (unpaired) electrons. The Morgan fingerprint density at radius 2 is 2.35 bits per heavy atom. The molecule has 0 unspecified atom stereocenters. The number of hydrogen-bond acceptors (Lipinski definition) is 3. The Balaban J connectivity index is 1.90. The Kier molecular flexibility index (Phi) is 3.40. The van der Waals surface area contributed by atoms with E-state index in [0.29, 0.717) is 0 Å². The summed E-state index contributed by atoms with van der Waals surface area (Å²) in [6.07, 6.45) is 5.36. The second-order valence-corrected chi connectivity index (χ2v) is 3.61. The van der Waals surface area contributed by atoms with E-state index < -0.39 is 5.97 Å². The first-order valence-electron chi connectivity index (χ1n) is 5.29. The molecule has 0 bridgehead atoms. The van der Waals surface area contributed by atoms with Crippen LogP contribution in [0.5, 0.6) is 0 Å². The number of aromatic carboxylic acids is 1. The van der Waals surface area contributed by atoms with Crippen molar-refractivity contribution < 1.29 is 9.90 Å². The van der Waals surface area contributed by atoms with Gasteiger partial charge in [-0.2, -0.15) is 0 Å². The molecule has 0 aliphatic heterocycles. The lowest BCUT2D eigenvalue weighted by Gasteiger charge is -2.07. The molecule has 1 aromatic carbocycles. The minimum absolute atomic E-state index is 0.289. The van der Waals surface area contributed by atoms with E-state index in [1.807, 2.05) is 16.8 Å². The van der Waals surface area contributed by atoms with Crippen molar-refractivity contribution in [1.82, 2.24) is 9.55 Å². The fourth-order valence-electron chi connectivity index (χ4n) is 1.51. The molecule has 2 aromatic rings. The topological polar surface area (TPSA) is 67.2 Å². The third-order valence-corrected chi connectivity index (χ3v) is 2.37. The molecule has 88 valence electrons. The SMILES string of the molecule is O=C(O)c1cccc(NCCn2ccnc2)c1. The number of carboxylic acids is 1. The summed E-state index contributed by atoms with van der Waals surface area (Å²) < 4.78 is 1.95. The number of rotatable bonds is 5. The van der Waals surface area contributed by atoms with Crippen LogP contribution in [0.2, 0.25) is 0 Å². The van der Waals surface area contributed by atoms with Gasteiger partial charge in [-0.15, -0.1) is 0 Å². The Morgan fingerprint density at radius 3 is 3.06 bits per heavy atom. The molecule has 0 atom stereocenters. The third-order valence-electron chi connectivity index (χ3n) is 2.37. The smallest absolute Gasteiger partial charge is 0.335 e. The van der Waals surface area contributed by atoms with Crippen molar-refractivity contribution in [2.24, 2.45) is 0 Å². The fraction of sp³-hybridized carbons (Fsp3) is 0.167. The highest BCUT2D eigenvalue weighted by Gasteiger charge is 2.02. The summed E-state index contributed by atoms with van der Waals surface area (Å²) in [7, 11) is 0. The Morgan fingerprint density at radius 1 is 1.47 bits per heavy atom. The van der Waals surface area contributed by atoms with Crippen LogP contribution in [0, 0.1) is 0 Å². The van der Waals surface area contributed by atoms with Gasteiger partial charge in [-0.3, -0.25) is 0 Å². The molecule has 0 spiro atoms. The summed E-state index contributed by atoms with van der Waals surface area (Å²) in [5.41, 5.74) is 1.10. The third kappa shape index (κ3) is 3.07. The number of benzene rings is 1. The molecule has 0 saturated heterocycles. The van der Waals surface area contributed by atoms with Crippen LogP contribution in [-0.4, -0.2) is 27.2 Å². The normalized spacial score (nSPS) is 10.1. The number of nitrogens with zero attached hydrogens (tertiary/aromatic N) is 2. The van der Waals surface area contributed by atoms with E-state index in [1.54, 1.807) is 30.7 Å². The van der Waals surface area contributed by atoms with Gasteiger partial charge < -0.3 is 15.0 Å². The minimum Gasteiger partial charge on any atom is -0.478 e. The summed E-state index contributed by atoms with van der Waals surface area (Å²) in [4.78, 5) is 14.7. The Hall–Kier alpha value is -2.30. The minimum atomic E-state index is -0.914. The van der Waals surface area contributed by atoms with Gasteiger partial charge in [0.2, 0.25) is 0 Å². The zero-order valence-electron chi connectivity index (χ0n) is 9.21. The van der Waals surface area contributed by atoms with E-state index in [1.165, 1.54) is 0 Å². The molecule has 0 aliphatic rings. The molecule has 1 aromatic heterocycles. The van der Waals surface area contributed by atoms with E-state index in [-0.39, 0.29) is 5.56 Å². The van der Waals surface area contributed by atoms with Crippen LogP contribution in [-0.2, 0) is 6.54 Å². The number of imidazole rings is 1. The largest absolute Gasteiger partial charge is 0.478 e. The molecule has 2 N–H and O–H groups in total. The van der Waals surface area contributed by atoms with E-state index in [0.717, 1.165) is 18.8 Å². The first-order valence-corrected chi connectivity index (χ1v) is 5.29. The summed E-state index contributed by atoms with van der Waals surface area (Å²) in [6, 6.07) is 6.77. The molecule has 0 amide bonds. The van der Waals surface area contributed by atoms with Gasteiger partial charge >= 0.3 is 5.97 Å². The highest BCUT2D eigenvalue weighted by atomic mass is 16.4. The van der Waals surface area contributed by atoms with Crippen molar-refractivity contribution >= 4 is 11.7 Å². The van der Waals surface area contributed by atoms with Gasteiger partial charge in [-0.1, -0.05) is 6.07 Å². The highest BCUT2D eigenvalue weighted by molar-refractivity contribution is 5.88. The number of aromatic nitrogens is 2. The molecule has 0 aliphatic carbocycles. The number of carbonyl (C=O) groups is 1. The number of anilines is 1. The molecule has 5 nitrogen and oxygen atoms in total. The quantitative estimate of drug-likeness (QED) is 0.821. The second kappa shape index (κ2) is 5.16. The lowest BCUT2D eigenvalue weighted by molar-refractivity contribution is 0.0697. The monoisotopic (exact) mass is 231 g/mol. The van der Waals surface area contributed by atoms with Crippen molar-refractivity contribution in [1.29, 1.82) is 0 Å². The zero-order valence-corrected chi connectivity index (χ0v) is 9.21. The maximum atomic E-state index is 10.8. The van der Waals surface area contributed by atoms with Crippen molar-refractivity contribution in [2.75, 3.05) is 11.9 Å². The lowest BCUT2D eigenvalue weighted by atomic mass is 10.2. The molecular weight excluding hydrogens is 218 g/mol. The maximum Gasteiger partial charge on any atom is 0.335 e. The molecule has 0 saturated carbocycles. The summed E-state index contributed by atoms with van der Waals surface area (Å²) >= 11 is 0. The van der Waals surface area contributed by atoms with Crippen molar-refractivity contribution in [2.45, 2.75) is 6.54 Å². The summed E-state index contributed by atoms with van der Waals surface area (Å²) in [6.45, 7) is 1.51. The number of carboxylic acid groups (broad SMARTS) is 1. The molecule has 5 heteroatoms. The first-order chi connectivity index (χ1) is 8.25. The van der Waals surface area contributed by atoms with E-state index >= 15 is 0 Å². The van der Waals surface area contributed by atoms with Crippen molar-refractivity contribution in [3.63, 3.8) is 0 Å². The molecule has 0 fully saturated rings. The van der Waals surface area contributed by atoms with Crippen LogP contribution in [0.25, 0.3) is 0 Å². The van der Waals surface area contributed by atoms with Crippen LogP contribution in [0.4, 0.5) is 5.69 Å². The van der Waals surface area contributed by atoms with Crippen molar-refractivity contribution in [3.8, 4) is 0 Å². The number of hydrogen-bond donors (Lipinski definition) is 2. The average molecular weight is 231 g/mol. The zero-order chi connectivity index (χ0) is 12.1. The summed E-state index contributed by atoms with van der Waals surface area (Å²) in [5.74, 6) is -0.914. The van der Waals surface area contributed by atoms with Crippen LogP contribution in [0.3, 0.4) is 0 Å². The van der Waals surface area contributed by atoms with Gasteiger partial charge in [0.15, 0.2) is 0 Å². The van der Waals surface area contributed by atoms with Gasteiger partial charge in [-0.25, -0.2) is 9.78 Å². The number of nitrogens with one attached hydrogen (secondary N) is 1. The molecule has 2 rings (SSSR count). The fourth-order valence-corrected chi connectivity index (χ4v) is 1.51. The lowest BCUT2D eigenvalue weighted by Crippen LogP contribution is -2.09. The van der Waals surface area contributed by atoms with Gasteiger partial charge in [-0.05, 0) is 18.2 Å². The van der Waals surface area contributed by atoms with Gasteiger partial charge in [0, 0.05) is 31.2 Å². The van der Waals surface area contributed by atoms with Crippen LogP contribution in [0.15, 0.2) is 43.0 Å². The van der Waals surface area contributed by atoms with Gasteiger partial charge in [0.25, 0.3) is 0 Å². The maximum absolute atomic E-state index is 10.8. The van der Waals surface area contributed by atoms with Gasteiger partial charge in [0.1, 0.15) is 0 Å². The molecule has 1 heterocycles. The van der Waals surface area contributed by atoms with E-state index in [4.69, 9.17) is 5.11 Å². The Labute approximate surface area is 98.7 Å². The molecular formula is C12H13N3O2. The van der Waals surface area contributed by atoms with Crippen molar-refractivity contribution in [3.05, 3.63) is 48.5 Å². The average Bonchev–Trinajstić information content (AvgIpc) is 2.82. The predicted molar refractivity (Wildman–Crippen MR) is 64.1 cm³/mol. The van der Waals surface area contributed by atoms with Crippen LogP contribution < -0.4 is 5.32 Å². The standard InChI is InChI=1S/C12H13N3O2/c16-12(17)10-2-1-3-11(8-10)14-5-7-15-6-4-13-9-15/h1-4,6,8-9,14H,5,7H2,(H,16,17). The van der Waals surface area contributed by atoms with Crippen LogP contribution in [0.1, 0.15) is 10.4 Å². The van der Waals surface area contributed by atoms with Gasteiger partial charge in [0.05, 0.1) is 11.9 Å². The van der Waals surface area contributed by atoms with E-state index in [9.17, 15) is 4.79 Å². The van der Waals surface area contributed by atoms with E-state index in [2.05, 4.69) is 10.3 Å². The molecule has 17 heavy (non-hydrogen) atoms.